The summed E-state index contributed by atoms with van der Waals surface area (Å²) in [5, 5.41) is 4.21. The van der Waals surface area contributed by atoms with Gasteiger partial charge < -0.3 is 5.32 Å². The Hall–Kier alpha value is -0.300. The molecule has 2 aliphatic rings. The lowest BCUT2D eigenvalue weighted by Crippen LogP contribution is -2.25. The van der Waals surface area contributed by atoms with Crippen molar-refractivity contribution in [2.24, 2.45) is 10.9 Å². The lowest BCUT2D eigenvalue weighted by molar-refractivity contribution is 0.535. The van der Waals surface area contributed by atoms with Crippen LogP contribution in [0.1, 0.15) is 19.3 Å². The summed E-state index contributed by atoms with van der Waals surface area (Å²) < 4.78 is 14.1. The predicted octanol–water partition coefficient (Wildman–Crippen LogP) is 4.11. The molecule has 18 heavy (non-hydrogen) atoms. The van der Waals surface area contributed by atoms with Crippen LogP contribution in [-0.4, -0.2) is 17.0 Å². The maximum Gasteiger partial charge on any atom is 0.161 e. The van der Waals surface area contributed by atoms with Gasteiger partial charge >= 0.3 is 0 Å². The Morgan fingerprint density at radius 1 is 1.39 bits per heavy atom. The van der Waals surface area contributed by atoms with Gasteiger partial charge in [-0.25, -0.2) is 4.39 Å². The summed E-state index contributed by atoms with van der Waals surface area (Å²) in [7, 11) is 0. The normalized spacial score (nSPS) is 26.7. The van der Waals surface area contributed by atoms with E-state index in [1.165, 1.54) is 25.3 Å². The molecule has 1 aliphatic carbocycles. The molecule has 1 aromatic rings. The molecule has 0 amide bonds. The first-order chi connectivity index (χ1) is 8.74. The summed E-state index contributed by atoms with van der Waals surface area (Å²) in [5.74, 6) is 1.72. The summed E-state index contributed by atoms with van der Waals surface area (Å²) in [6.45, 7) is 0. The number of thioether (sulfide) groups is 1. The first-order valence-electron chi connectivity index (χ1n) is 6.15. The fourth-order valence-corrected chi connectivity index (χ4v) is 4.19. The molecule has 1 heterocycles. The third-order valence-corrected chi connectivity index (χ3v) is 5.70. The van der Waals surface area contributed by atoms with Crippen molar-refractivity contribution in [1.82, 2.24) is 0 Å². The predicted molar refractivity (Wildman–Crippen MR) is 83.8 cm³/mol. The number of hydrogen-bond acceptors (Lipinski definition) is 3. The van der Waals surface area contributed by atoms with E-state index in [1.54, 1.807) is 17.8 Å². The van der Waals surface area contributed by atoms with Crippen molar-refractivity contribution in [2.45, 2.75) is 25.3 Å². The van der Waals surface area contributed by atoms with Crippen LogP contribution in [0.3, 0.4) is 0 Å². The Kier molecular flexibility index (Phi) is 3.79. The van der Waals surface area contributed by atoms with Crippen LogP contribution in [0.4, 0.5) is 10.1 Å². The van der Waals surface area contributed by atoms with Crippen molar-refractivity contribution in [3.8, 4) is 0 Å². The maximum atomic E-state index is 13.5. The molecule has 1 aromatic carbocycles. The zero-order valence-corrected chi connectivity index (χ0v) is 12.8. The van der Waals surface area contributed by atoms with E-state index in [0.717, 1.165) is 22.5 Å². The molecular formula is C13H14FIN2S. The van der Waals surface area contributed by atoms with E-state index >= 15 is 0 Å². The molecule has 3 rings (SSSR count). The zero-order chi connectivity index (χ0) is 12.5. The lowest BCUT2D eigenvalue weighted by atomic mass is 10.1. The second-order valence-corrected chi connectivity index (χ2v) is 6.82. The monoisotopic (exact) mass is 376 g/mol. The van der Waals surface area contributed by atoms with Gasteiger partial charge in [-0.2, -0.15) is 0 Å². The minimum atomic E-state index is -0.180. The number of aliphatic imine (C=N–C) groups is 1. The second kappa shape index (κ2) is 5.36. The number of halogens is 2. The third-order valence-electron chi connectivity index (χ3n) is 3.53. The van der Waals surface area contributed by atoms with E-state index in [0.29, 0.717) is 9.61 Å². The molecule has 0 bridgehead atoms. The topological polar surface area (TPSA) is 24.4 Å². The molecule has 1 N–H and O–H groups in total. The van der Waals surface area contributed by atoms with Crippen molar-refractivity contribution in [1.29, 1.82) is 0 Å². The average Bonchev–Trinajstić information content (AvgIpc) is 2.82. The number of anilines is 1. The number of nitrogens with one attached hydrogen (secondary N) is 1. The number of benzene rings is 1. The second-order valence-electron chi connectivity index (χ2n) is 4.73. The number of fused-ring (bicyclic) bond motifs is 1. The van der Waals surface area contributed by atoms with Crippen molar-refractivity contribution in [3.05, 3.63) is 27.6 Å². The molecule has 0 radical (unpaired) electrons. The van der Waals surface area contributed by atoms with Crippen LogP contribution in [0.5, 0.6) is 0 Å². The summed E-state index contributed by atoms with van der Waals surface area (Å²) in [5.41, 5.74) is 0.818. The quantitative estimate of drug-likeness (QED) is 0.746. The molecule has 1 fully saturated rings. The van der Waals surface area contributed by atoms with E-state index in [2.05, 4.69) is 5.32 Å². The Morgan fingerprint density at radius 3 is 3.17 bits per heavy atom. The highest BCUT2D eigenvalue weighted by Gasteiger charge is 2.31. The van der Waals surface area contributed by atoms with E-state index < -0.39 is 0 Å². The van der Waals surface area contributed by atoms with Gasteiger partial charge in [-0.05, 0) is 53.5 Å². The SMILES string of the molecule is Fc1cccc(NC2=NC3CCCC3CS2)c1I. The van der Waals surface area contributed by atoms with E-state index in [-0.39, 0.29) is 5.82 Å². The Morgan fingerprint density at radius 2 is 2.28 bits per heavy atom. The van der Waals surface area contributed by atoms with Gasteiger partial charge in [0.05, 0.1) is 15.3 Å². The molecule has 2 nitrogen and oxygen atoms in total. The molecule has 0 aromatic heterocycles. The largest absolute Gasteiger partial charge is 0.334 e. The Bertz CT molecular complexity index is 492. The van der Waals surface area contributed by atoms with Crippen LogP contribution in [-0.2, 0) is 0 Å². The van der Waals surface area contributed by atoms with Crippen molar-refractivity contribution in [3.63, 3.8) is 0 Å². The van der Waals surface area contributed by atoms with Gasteiger partial charge in [0, 0.05) is 5.75 Å². The van der Waals surface area contributed by atoms with Gasteiger partial charge in [-0.1, -0.05) is 24.2 Å². The molecular weight excluding hydrogens is 362 g/mol. The van der Waals surface area contributed by atoms with Crippen LogP contribution in [0.15, 0.2) is 23.2 Å². The van der Waals surface area contributed by atoms with Gasteiger partial charge in [0.1, 0.15) is 5.82 Å². The molecule has 2 unspecified atom stereocenters. The van der Waals surface area contributed by atoms with Crippen LogP contribution >= 0.6 is 34.4 Å². The standard InChI is InChI=1S/C13H14FIN2S/c14-9-4-2-6-11(12(9)15)17-13-16-10-5-1-3-8(10)7-18-13/h2,4,6,8,10H,1,3,5,7H2,(H,16,17). The Balaban J connectivity index is 1.78. The van der Waals surface area contributed by atoms with Crippen LogP contribution in [0, 0.1) is 15.3 Å². The molecule has 5 heteroatoms. The molecule has 0 spiro atoms. The number of amidine groups is 1. The first kappa shape index (κ1) is 12.7. The zero-order valence-electron chi connectivity index (χ0n) is 9.83. The highest BCUT2D eigenvalue weighted by atomic mass is 127. The molecule has 1 saturated carbocycles. The van der Waals surface area contributed by atoms with Crippen LogP contribution < -0.4 is 5.32 Å². The number of hydrogen-bond donors (Lipinski definition) is 1. The van der Waals surface area contributed by atoms with E-state index in [9.17, 15) is 4.39 Å². The molecule has 2 atom stereocenters. The van der Waals surface area contributed by atoms with Crippen LogP contribution in [0.25, 0.3) is 0 Å². The van der Waals surface area contributed by atoms with Crippen molar-refractivity contribution >= 4 is 45.2 Å². The lowest BCUT2D eigenvalue weighted by Gasteiger charge is -2.23. The van der Waals surface area contributed by atoms with Crippen molar-refractivity contribution < 1.29 is 4.39 Å². The molecule has 96 valence electrons. The summed E-state index contributed by atoms with van der Waals surface area (Å²) in [6, 6.07) is 5.59. The van der Waals surface area contributed by atoms with Crippen LogP contribution in [0.2, 0.25) is 0 Å². The van der Waals surface area contributed by atoms with E-state index in [4.69, 9.17) is 4.99 Å². The fourth-order valence-electron chi connectivity index (χ4n) is 2.54. The first-order valence-corrected chi connectivity index (χ1v) is 8.22. The summed E-state index contributed by atoms with van der Waals surface area (Å²) in [6.07, 6.45) is 3.81. The van der Waals surface area contributed by atoms with Gasteiger partial charge in [0.25, 0.3) is 0 Å². The smallest absolute Gasteiger partial charge is 0.161 e. The Labute approximate surface area is 124 Å². The summed E-state index contributed by atoms with van der Waals surface area (Å²) >= 11 is 3.79. The average molecular weight is 376 g/mol. The highest BCUT2D eigenvalue weighted by molar-refractivity contribution is 14.1. The minimum Gasteiger partial charge on any atom is -0.334 e. The maximum absolute atomic E-state index is 13.5. The van der Waals surface area contributed by atoms with E-state index in [1.807, 2.05) is 28.7 Å². The van der Waals surface area contributed by atoms with Gasteiger partial charge in [0.2, 0.25) is 0 Å². The number of rotatable bonds is 1. The third kappa shape index (κ3) is 2.52. The molecule has 1 aliphatic heterocycles. The minimum absolute atomic E-state index is 0.180. The molecule has 0 saturated heterocycles. The van der Waals surface area contributed by atoms with Gasteiger partial charge in [-0.3, -0.25) is 4.99 Å². The number of nitrogens with zero attached hydrogens (tertiary/aromatic N) is 1. The fraction of sp³-hybridized carbons (Fsp3) is 0.462. The van der Waals surface area contributed by atoms with Gasteiger partial charge in [0.15, 0.2) is 5.17 Å². The highest BCUT2D eigenvalue weighted by Crippen LogP contribution is 2.36. The van der Waals surface area contributed by atoms with Gasteiger partial charge in [-0.15, -0.1) is 0 Å². The summed E-state index contributed by atoms with van der Waals surface area (Å²) in [4.78, 5) is 4.75. The van der Waals surface area contributed by atoms with Crippen molar-refractivity contribution in [2.75, 3.05) is 11.1 Å².